The summed E-state index contributed by atoms with van der Waals surface area (Å²) in [4.78, 5) is 18.7. The van der Waals surface area contributed by atoms with Crippen LogP contribution in [0.25, 0.3) is 27.5 Å². The molecule has 0 radical (unpaired) electrons. The van der Waals surface area contributed by atoms with Crippen LogP contribution in [0.4, 0.5) is 14.6 Å². The lowest BCUT2D eigenvalue weighted by atomic mass is 10.0. The van der Waals surface area contributed by atoms with Gasteiger partial charge in [-0.2, -0.15) is 5.10 Å². The van der Waals surface area contributed by atoms with Crippen LogP contribution in [0, 0.1) is 11.6 Å². The Kier molecular flexibility index (Phi) is 7.26. The minimum absolute atomic E-state index is 0.0166. The molecule has 5 rings (SSSR count). The monoisotopic (exact) mass is 626 g/mol. The normalized spacial score (nSPS) is 12.8. The molecule has 3 aromatic carbocycles. The smallest absolute Gasteiger partial charge is 0.267 e. The first-order chi connectivity index (χ1) is 18.7. The summed E-state index contributed by atoms with van der Waals surface area (Å²) >= 11 is 19.0. The lowest BCUT2D eigenvalue weighted by Gasteiger charge is -2.20. The molecule has 1 atom stereocenters. The van der Waals surface area contributed by atoms with Crippen molar-refractivity contribution in [1.29, 1.82) is 0 Å². The number of nitrogens with one attached hydrogen (secondary N) is 1. The van der Waals surface area contributed by atoms with Crippen LogP contribution in [0.5, 0.6) is 0 Å². The van der Waals surface area contributed by atoms with Gasteiger partial charge in [-0.05, 0) is 48.4 Å². The number of nitrogens with two attached hydrogens (primary N) is 1. The third-order valence-corrected chi connectivity index (χ3v) is 7.46. The summed E-state index contributed by atoms with van der Waals surface area (Å²) in [6.07, 6.45) is 0.868. The van der Waals surface area contributed by atoms with Crippen molar-refractivity contribution < 1.29 is 17.2 Å². The van der Waals surface area contributed by atoms with E-state index in [1.807, 2.05) is 0 Å². The van der Waals surface area contributed by atoms with Gasteiger partial charge in [0, 0.05) is 18.1 Å². The van der Waals surface area contributed by atoms with E-state index in [2.05, 4.69) is 14.8 Å². The molecular formula is C25H19Cl3F2N6O3S. The number of anilines is 1. The Bertz CT molecular complexity index is 1990. The van der Waals surface area contributed by atoms with Crippen LogP contribution >= 0.6 is 34.8 Å². The second-order valence-electron chi connectivity index (χ2n) is 9.12. The standard InChI is InChI=1S/C25H19Cl3F2N6O3S/c1-35-22-19(4-3-15(27)21(22)23(33-35)34-40(2,38)39)36-24(17(31)7-11-5-13(29)10-14(30)6-11)32-18-9-12(26)8-16(28)20(18)25(36)37/h3-6,8-10,17H,7,31H2,1-2H3,(H,33,34)/t17-/m0/s1. The highest BCUT2D eigenvalue weighted by molar-refractivity contribution is 7.92. The van der Waals surface area contributed by atoms with Gasteiger partial charge in [0.2, 0.25) is 10.0 Å². The minimum atomic E-state index is -3.74. The summed E-state index contributed by atoms with van der Waals surface area (Å²) in [7, 11) is -2.20. The van der Waals surface area contributed by atoms with Crippen LogP contribution in [0.15, 0.2) is 47.3 Å². The number of nitrogens with zero attached hydrogens (tertiary/aromatic N) is 4. The lowest BCUT2D eigenvalue weighted by Crippen LogP contribution is -2.30. The molecule has 15 heteroatoms. The summed E-state index contributed by atoms with van der Waals surface area (Å²) in [5, 5.41) is 4.93. The van der Waals surface area contributed by atoms with Gasteiger partial charge in [-0.15, -0.1) is 0 Å². The fourth-order valence-electron chi connectivity index (χ4n) is 4.59. The summed E-state index contributed by atoms with van der Waals surface area (Å²) < 4.78 is 56.7. The van der Waals surface area contributed by atoms with Crippen molar-refractivity contribution in [3.63, 3.8) is 0 Å². The maximum absolute atomic E-state index is 14.1. The van der Waals surface area contributed by atoms with E-state index in [1.165, 1.54) is 40.6 Å². The van der Waals surface area contributed by atoms with Crippen molar-refractivity contribution in [2.24, 2.45) is 12.8 Å². The first kappa shape index (κ1) is 28.2. The first-order valence-electron chi connectivity index (χ1n) is 11.5. The Morgan fingerprint density at radius 2 is 1.70 bits per heavy atom. The van der Waals surface area contributed by atoms with Crippen LogP contribution < -0.4 is 16.0 Å². The third kappa shape index (κ3) is 5.25. The highest BCUT2D eigenvalue weighted by atomic mass is 35.5. The molecule has 40 heavy (non-hydrogen) atoms. The van der Waals surface area contributed by atoms with Crippen LogP contribution in [0.1, 0.15) is 17.4 Å². The molecule has 5 aromatic rings. The maximum atomic E-state index is 14.1. The van der Waals surface area contributed by atoms with Crippen molar-refractivity contribution in [1.82, 2.24) is 19.3 Å². The lowest BCUT2D eigenvalue weighted by molar-refractivity contribution is 0.572. The second kappa shape index (κ2) is 10.3. The molecule has 0 saturated heterocycles. The highest BCUT2D eigenvalue weighted by Crippen LogP contribution is 2.36. The van der Waals surface area contributed by atoms with E-state index in [4.69, 9.17) is 40.5 Å². The van der Waals surface area contributed by atoms with E-state index >= 15 is 0 Å². The molecule has 3 N–H and O–H groups in total. The van der Waals surface area contributed by atoms with E-state index in [0.717, 1.165) is 24.5 Å². The van der Waals surface area contributed by atoms with Crippen LogP contribution in [-0.4, -0.2) is 34.0 Å². The van der Waals surface area contributed by atoms with Crippen molar-refractivity contribution in [3.8, 4) is 5.69 Å². The molecule has 208 valence electrons. The van der Waals surface area contributed by atoms with Gasteiger partial charge < -0.3 is 5.73 Å². The van der Waals surface area contributed by atoms with Gasteiger partial charge in [-0.1, -0.05) is 34.8 Å². The van der Waals surface area contributed by atoms with Crippen LogP contribution in [0.3, 0.4) is 0 Å². The quantitative estimate of drug-likeness (QED) is 0.269. The number of aromatic nitrogens is 4. The van der Waals surface area contributed by atoms with Gasteiger partial charge in [0.1, 0.15) is 17.5 Å². The van der Waals surface area contributed by atoms with Gasteiger partial charge in [0.25, 0.3) is 5.56 Å². The van der Waals surface area contributed by atoms with Crippen LogP contribution in [-0.2, 0) is 23.5 Å². The molecule has 0 aliphatic carbocycles. The van der Waals surface area contributed by atoms with E-state index in [1.54, 1.807) is 0 Å². The van der Waals surface area contributed by atoms with Gasteiger partial charge >= 0.3 is 0 Å². The summed E-state index contributed by atoms with van der Waals surface area (Å²) in [6, 6.07) is 7.77. The maximum Gasteiger partial charge on any atom is 0.267 e. The number of fused-ring (bicyclic) bond motifs is 2. The molecule has 0 amide bonds. The molecule has 0 spiro atoms. The molecule has 2 heterocycles. The zero-order valence-corrected chi connectivity index (χ0v) is 23.8. The summed E-state index contributed by atoms with van der Waals surface area (Å²) in [6.45, 7) is 0. The number of hydrogen-bond donors (Lipinski definition) is 2. The van der Waals surface area contributed by atoms with E-state index in [0.29, 0.717) is 0 Å². The number of hydrogen-bond acceptors (Lipinski definition) is 6. The summed E-state index contributed by atoms with van der Waals surface area (Å²) in [5.74, 6) is -1.61. The molecule has 0 aliphatic rings. The molecule has 0 bridgehead atoms. The number of sulfonamides is 1. The van der Waals surface area contributed by atoms with Gasteiger partial charge in [0.05, 0.1) is 49.8 Å². The Labute approximate surface area is 241 Å². The average Bonchev–Trinajstić information content (AvgIpc) is 3.13. The second-order valence-corrected chi connectivity index (χ2v) is 12.1. The molecular weight excluding hydrogens is 609 g/mol. The number of aryl methyl sites for hydroxylation is 1. The van der Waals surface area contributed by atoms with Crippen molar-refractivity contribution in [3.05, 3.63) is 90.9 Å². The third-order valence-electron chi connectivity index (χ3n) is 6.06. The molecule has 0 aliphatic heterocycles. The molecule has 0 unspecified atom stereocenters. The average molecular weight is 628 g/mol. The Morgan fingerprint density at radius 1 is 1.02 bits per heavy atom. The SMILES string of the molecule is Cn1nc(NS(C)(=O)=O)c2c(Cl)ccc(-n3c([C@@H](N)Cc4cc(F)cc(F)c4)nc4cc(Cl)cc(Cl)c4c3=O)c21. The number of rotatable bonds is 6. The van der Waals surface area contributed by atoms with Crippen molar-refractivity contribution in [2.45, 2.75) is 12.5 Å². The molecule has 0 fully saturated rings. The van der Waals surface area contributed by atoms with Crippen LogP contribution in [0.2, 0.25) is 15.1 Å². The Morgan fingerprint density at radius 3 is 2.35 bits per heavy atom. The minimum Gasteiger partial charge on any atom is -0.321 e. The van der Waals surface area contributed by atoms with Gasteiger partial charge in [-0.25, -0.2) is 22.2 Å². The van der Waals surface area contributed by atoms with Crippen molar-refractivity contribution in [2.75, 3.05) is 11.0 Å². The summed E-state index contributed by atoms with van der Waals surface area (Å²) in [5.41, 5.74) is 6.78. The highest BCUT2D eigenvalue weighted by Gasteiger charge is 2.25. The number of benzene rings is 3. The first-order valence-corrected chi connectivity index (χ1v) is 14.5. The van der Waals surface area contributed by atoms with E-state index < -0.39 is 33.3 Å². The Balaban J connectivity index is 1.84. The Hall–Kier alpha value is -3.29. The van der Waals surface area contributed by atoms with Crippen molar-refractivity contribution >= 4 is 72.4 Å². The fourth-order valence-corrected chi connectivity index (χ4v) is 5.89. The molecule has 2 aromatic heterocycles. The van der Waals surface area contributed by atoms with Gasteiger partial charge in [0.15, 0.2) is 5.82 Å². The topological polar surface area (TPSA) is 125 Å². The zero-order chi connectivity index (χ0) is 29.1. The van der Waals surface area contributed by atoms with E-state index in [9.17, 15) is 22.0 Å². The fraction of sp³-hybridized carbons (Fsp3) is 0.160. The van der Waals surface area contributed by atoms with E-state index in [-0.39, 0.29) is 66.2 Å². The number of halogens is 5. The molecule has 0 saturated carbocycles. The largest absolute Gasteiger partial charge is 0.321 e. The van der Waals surface area contributed by atoms with Gasteiger partial charge in [-0.3, -0.25) is 18.8 Å². The zero-order valence-electron chi connectivity index (χ0n) is 20.7. The predicted octanol–water partition coefficient (Wildman–Crippen LogP) is 5.12. The molecule has 9 nitrogen and oxygen atoms in total. The predicted molar refractivity (Wildman–Crippen MR) is 152 cm³/mol.